The van der Waals surface area contributed by atoms with Crippen molar-refractivity contribution < 1.29 is 63.8 Å². The normalized spacial score (nSPS) is 49.2. The molecule has 0 aromatic rings. The minimum absolute atomic E-state index is 0.0127. The molecule has 30 heavy (non-hydrogen) atoms. The van der Waals surface area contributed by atoms with Crippen molar-refractivity contribution in [3.8, 4) is 0 Å². The van der Waals surface area contributed by atoms with Gasteiger partial charge in [0.2, 0.25) is 0 Å². The van der Waals surface area contributed by atoms with Gasteiger partial charge in [-0.2, -0.15) is 0 Å². The maximum atomic E-state index is 10.2. The molecule has 3 heterocycles. The lowest BCUT2D eigenvalue weighted by Crippen LogP contribution is -2.44. The third-order valence-corrected chi connectivity index (χ3v) is 5.32. The van der Waals surface area contributed by atoms with Crippen molar-refractivity contribution in [2.24, 2.45) is 0 Å². The molecule has 0 aromatic carbocycles. The van der Waals surface area contributed by atoms with E-state index in [-0.39, 0.29) is 19.8 Å². The lowest BCUT2D eigenvalue weighted by Gasteiger charge is -2.26. The third-order valence-electron chi connectivity index (χ3n) is 5.32. The number of methoxy groups -OCH3 is 2. The fourth-order valence-corrected chi connectivity index (χ4v) is 3.65. The fraction of sp³-hybridized carbons (Fsp3) is 1.00. The van der Waals surface area contributed by atoms with Crippen LogP contribution in [0.5, 0.6) is 0 Å². The van der Waals surface area contributed by atoms with E-state index in [0.29, 0.717) is 0 Å². The van der Waals surface area contributed by atoms with Gasteiger partial charge < -0.3 is 63.8 Å². The third kappa shape index (κ3) is 4.94. The molecule has 0 saturated carbocycles. The van der Waals surface area contributed by atoms with E-state index in [4.69, 9.17) is 33.2 Å². The van der Waals surface area contributed by atoms with Crippen molar-refractivity contribution in [2.45, 2.75) is 73.8 Å². The van der Waals surface area contributed by atoms with E-state index < -0.39 is 73.8 Å². The molecule has 13 nitrogen and oxygen atoms in total. The van der Waals surface area contributed by atoms with Crippen LogP contribution < -0.4 is 0 Å². The molecule has 3 saturated heterocycles. The lowest BCUT2D eigenvalue weighted by molar-refractivity contribution is -0.228. The summed E-state index contributed by atoms with van der Waals surface area (Å²) in [6, 6.07) is 0. The van der Waals surface area contributed by atoms with Crippen LogP contribution in [0.3, 0.4) is 0 Å². The molecule has 0 spiro atoms. The maximum absolute atomic E-state index is 10.2. The Bertz CT molecular complexity index is 538. The Labute approximate surface area is 172 Å². The van der Waals surface area contributed by atoms with Crippen LogP contribution in [0.15, 0.2) is 0 Å². The molecule has 0 unspecified atom stereocenters. The van der Waals surface area contributed by atoms with E-state index >= 15 is 0 Å². The van der Waals surface area contributed by atoms with E-state index in [1.54, 1.807) is 0 Å². The molecular weight excluding hydrogens is 412 g/mol. The van der Waals surface area contributed by atoms with E-state index in [9.17, 15) is 30.6 Å². The zero-order valence-corrected chi connectivity index (χ0v) is 16.6. The summed E-state index contributed by atoms with van der Waals surface area (Å²) < 4.78 is 36.9. The van der Waals surface area contributed by atoms with E-state index in [0.717, 1.165) is 0 Å². The Morgan fingerprint density at radius 2 is 1.13 bits per heavy atom. The molecule has 0 aliphatic carbocycles. The SMILES string of the molecule is COC[C@H]1O[C@H](OC[C@H]2O[C@H](O)[C@@H](O)[C@@H]2O[C@H]2O[C@H](COC)[C@@H](O)[C@@H]2O)[C@@H](O)[C@@H]1O. The van der Waals surface area contributed by atoms with Gasteiger partial charge >= 0.3 is 0 Å². The number of aliphatic hydroxyl groups is 6. The summed E-state index contributed by atoms with van der Waals surface area (Å²) in [5, 5.41) is 60.2. The van der Waals surface area contributed by atoms with Crippen LogP contribution in [0, 0.1) is 0 Å². The van der Waals surface area contributed by atoms with Crippen molar-refractivity contribution in [3.63, 3.8) is 0 Å². The van der Waals surface area contributed by atoms with Crippen molar-refractivity contribution in [3.05, 3.63) is 0 Å². The highest BCUT2D eigenvalue weighted by Crippen LogP contribution is 2.31. The number of hydrogen-bond acceptors (Lipinski definition) is 13. The average Bonchev–Trinajstić information content (AvgIpc) is 3.25. The molecule has 0 aromatic heterocycles. The van der Waals surface area contributed by atoms with Gasteiger partial charge in [-0.1, -0.05) is 0 Å². The second-order valence-corrected chi connectivity index (χ2v) is 7.45. The molecular formula is C17H30O13. The topological polar surface area (TPSA) is 186 Å². The van der Waals surface area contributed by atoms with Crippen LogP contribution in [0.4, 0.5) is 0 Å². The van der Waals surface area contributed by atoms with Gasteiger partial charge in [-0.15, -0.1) is 0 Å². The Balaban J connectivity index is 1.58. The molecule has 3 fully saturated rings. The molecule has 3 aliphatic rings. The molecule has 3 rings (SSSR count). The molecule has 12 atom stereocenters. The van der Waals surface area contributed by atoms with Crippen LogP contribution in [-0.2, 0) is 33.2 Å². The van der Waals surface area contributed by atoms with E-state index in [2.05, 4.69) is 0 Å². The number of hydrogen-bond donors (Lipinski definition) is 6. The van der Waals surface area contributed by atoms with Gasteiger partial charge in [0.1, 0.15) is 54.9 Å². The van der Waals surface area contributed by atoms with Crippen molar-refractivity contribution in [1.29, 1.82) is 0 Å². The highest BCUT2D eigenvalue weighted by molar-refractivity contribution is 4.93. The molecule has 0 radical (unpaired) electrons. The van der Waals surface area contributed by atoms with Gasteiger partial charge in [0.05, 0.1) is 19.8 Å². The summed E-state index contributed by atoms with van der Waals surface area (Å²) in [6.07, 6.45) is -14.7. The van der Waals surface area contributed by atoms with Crippen LogP contribution >= 0.6 is 0 Å². The molecule has 176 valence electrons. The highest BCUT2D eigenvalue weighted by Gasteiger charge is 2.51. The van der Waals surface area contributed by atoms with Gasteiger partial charge in [0.25, 0.3) is 0 Å². The number of aliphatic hydroxyl groups excluding tert-OH is 6. The summed E-state index contributed by atoms with van der Waals surface area (Å²) in [7, 11) is 2.82. The molecule has 6 N–H and O–H groups in total. The standard InChI is InChI=1S/C17H30O13/c1-24-3-6-9(18)11(20)16(28-6)26-5-8-14(13(22)15(23)27-8)30-17-12(21)10(19)7(29-17)4-25-2/h6-23H,3-5H2,1-2H3/t6-,7-,8-,9-,10-,11+,12+,13+,14-,15+,16+,17-/m1/s1. The molecule has 3 aliphatic heterocycles. The predicted molar refractivity (Wildman–Crippen MR) is 92.8 cm³/mol. The van der Waals surface area contributed by atoms with E-state index in [1.165, 1.54) is 14.2 Å². The Morgan fingerprint density at radius 3 is 1.70 bits per heavy atom. The second kappa shape index (κ2) is 10.4. The first kappa shape index (κ1) is 24.1. The monoisotopic (exact) mass is 442 g/mol. The fourth-order valence-electron chi connectivity index (χ4n) is 3.65. The Morgan fingerprint density at radius 1 is 0.600 bits per heavy atom. The summed E-state index contributed by atoms with van der Waals surface area (Å²) in [6.45, 7) is -0.234. The van der Waals surface area contributed by atoms with Gasteiger partial charge in [-0.05, 0) is 0 Å². The van der Waals surface area contributed by atoms with Crippen LogP contribution in [0.2, 0.25) is 0 Å². The summed E-state index contributed by atoms with van der Waals surface area (Å²) in [5.74, 6) is 0. The molecule has 0 amide bonds. The van der Waals surface area contributed by atoms with Gasteiger partial charge in [0, 0.05) is 14.2 Å². The van der Waals surface area contributed by atoms with Crippen molar-refractivity contribution in [1.82, 2.24) is 0 Å². The second-order valence-electron chi connectivity index (χ2n) is 7.45. The van der Waals surface area contributed by atoms with Crippen LogP contribution in [0.25, 0.3) is 0 Å². The molecule has 13 heteroatoms. The number of rotatable bonds is 9. The highest BCUT2D eigenvalue weighted by atomic mass is 16.8. The maximum Gasteiger partial charge on any atom is 0.187 e. The summed E-state index contributed by atoms with van der Waals surface area (Å²) in [4.78, 5) is 0. The van der Waals surface area contributed by atoms with Crippen LogP contribution in [0.1, 0.15) is 0 Å². The minimum Gasteiger partial charge on any atom is -0.387 e. The summed E-state index contributed by atoms with van der Waals surface area (Å²) >= 11 is 0. The zero-order chi connectivity index (χ0) is 22.0. The average molecular weight is 442 g/mol. The van der Waals surface area contributed by atoms with Crippen LogP contribution in [-0.4, -0.2) is 138 Å². The number of ether oxygens (including phenoxy) is 7. The first-order chi connectivity index (χ1) is 14.3. The Kier molecular flexibility index (Phi) is 8.36. The summed E-state index contributed by atoms with van der Waals surface area (Å²) in [5.41, 5.74) is 0. The lowest BCUT2D eigenvalue weighted by atomic mass is 10.1. The quantitative estimate of drug-likeness (QED) is 0.201. The largest absolute Gasteiger partial charge is 0.387 e. The predicted octanol–water partition coefficient (Wildman–Crippen LogP) is -4.35. The van der Waals surface area contributed by atoms with Gasteiger partial charge in [0.15, 0.2) is 18.9 Å². The molecule has 0 bridgehead atoms. The zero-order valence-electron chi connectivity index (χ0n) is 16.6. The minimum atomic E-state index is -1.59. The van der Waals surface area contributed by atoms with Gasteiger partial charge in [-0.25, -0.2) is 0 Å². The first-order valence-electron chi connectivity index (χ1n) is 9.58. The first-order valence-corrected chi connectivity index (χ1v) is 9.58. The van der Waals surface area contributed by atoms with Crippen molar-refractivity contribution in [2.75, 3.05) is 34.0 Å². The van der Waals surface area contributed by atoms with Gasteiger partial charge in [-0.3, -0.25) is 0 Å². The van der Waals surface area contributed by atoms with E-state index in [1.807, 2.05) is 0 Å². The Hall–Kier alpha value is -0.520. The van der Waals surface area contributed by atoms with Crippen molar-refractivity contribution >= 4 is 0 Å². The smallest absolute Gasteiger partial charge is 0.187 e.